The molecule has 0 N–H and O–H groups in total. The third-order valence-corrected chi connectivity index (χ3v) is 4.92. The lowest BCUT2D eigenvalue weighted by Gasteiger charge is -2.24. The van der Waals surface area contributed by atoms with Gasteiger partial charge < -0.3 is 0 Å². The van der Waals surface area contributed by atoms with Crippen molar-refractivity contribution in [3.05, 3.63) is 70.8 Å². The van der Waals surface area contributed by atoms with Gasteiger partial charge in [-0.25, -0.2) is 5.01 Å². The second kappa shape index (κ2) is 7.83. The molecule has 0 saturated carbocycles. The Labute approximate surface area is 156 Å². The van der Waals surface area contributed by atoms with E-state index in [2.05, 4.69) is 63.2 Å². The average molecular weight is 349 g/mol. The molecule has 0 radical (unpaired) electrons. The highest BCUT2D eigenvalue weighted by molar-refractivity contribution is 6.03. The summed E-state index contributed by atoms with van der Waals surface area (Å²) in [4.78, 5) is 14.9. The minimum atomic E-state index is -0.0381. The molecule has 1 aliphatic rings. The predicted molar refractivity (Wildman–Crippen MR) is 106 cm³/mol. The molecule has 0 saturated heterocycles. The van der Waals surface area contributed by atoms with E-state index in [-0.39, 0.29) is 11.9 Å². The predicted octanol–water partition coefficient (Wildman–Crippen LogP) is 3.93. The molecule has 4 nitrogen and oxygen atoms in total. The fourth-order valence-electron chi connectivity index (χ4n) is 3.20. The highest BCUT2D eigenvalue weighted by atomic mass is 16.2. The first-order chi connectivity index (χ1) is 12.5. The third kappa shape index (κ3) is 4.02. The first-order valence-corrected chi connectivity index (χ1v) is 9.19. The maximum atomic E-state index is 12.9. The Balaban J connectivity index is 1.92. The number of aryl methyl sites for hydroxylation is 2. The average Bonchev–Trinajstić information content (AvgIpc) is 3.08. The van der Waals surface area contributed by atoms with Crippen molar-refractivity contribution < 1.29 is 4.79 Å². The van der Waals surface area contributed by atoms with Gasteiger partial charge in [-0.15, -0.1) is 0 Å². The first kappa shape index (κ1) is 18.3. The molecule has 3 rings (SSSR count). The molecule has 0 fully saturated rings. The third-order valence-electron chi connectivity index (χ3n) is 4.92. The summed E-state index contributed by atoms with van der Waals surface area (Å²) in [5, 5.41) is 6.43. The van der Waals surface area contributed by atoms with Crippen LogP contribution in [0.25, 0.3) is 0 Å². The number of hydrogen-bond donors (Lipinski definition) is 0. The summed E-state index contributed by atoms with van der Waals surface area (Å²) in [6.45, 7) is 7.42. The molecule has 0 spiro atoms. The normalized spacial score (nSPS) is 16.9. The molecular weight excluding hydrogens is 322 g/mol. The number of carbonyl (C=O) groups is 1. The van der Waals surface area contributed by atoms with E-state index in [1.54, 1.807) is 5.01 Å². The van der Waals surface area contributed by atoms with E-state index >= 15 is 0 Å². The molecule has 1 amide bonds. The number of likely N-dealkylation sites (N-methyl/N-ethyl adjacent to an activating group) is 1. The van der Waals surface area contributed by atoms with Gasteiger partial charge in [0.2, 0.25) is 0 Å². The molecule has 0 aromatic heterocycles. The largest absolute Gasteiger partial charge is 0.298 e. The summed E-state index contributed by atoms with van der Waals surface area (Å²) in [7, 11) is 1.96. The van der Waals surface area contributed by atoms with Gasteiger partial charge in [0.25, 0.3) is 5.91 Å². The van der Waals surface area contributed by atoms with Gasteiger partial charge in [-0.2, -0.15) is 5.10 Å². The maximum Gasteiger partial charge on any atom is 0.257 e. The summed E-state index contributed by atoms with van der Waals surface area (Å²) in [6, 6.07) is 16.7. The van der Waals surface area contributed by atoms with Crippen molar-refractivity contribution in [2.45, 2.75) is 33.2 Å². The highest BCUT2D eigenvalue weighted by Gasteiger charge is 2.33. The van der Waals surface area contributed by atoms with Gasteiger partial charge in [0.1, 0.15) is 0 Å². The highest BCUT2D eigenvalue weighted by Crippen LogP contribution is 2.33. The van der Waals surface area contributed by atoms with Crippen molar-refractivity contribution in [3.63, 3.8) is 0 Å². The van der Waals surface area contributed by atoms with Crippen LogP contribution in [-0.2, 0) is 4.79 Å². The van der Waals surface area contributed by atoms with Crippen LogP contribution in [0, 0.1) is 13.8 Å². The SMILES string of the molecule is CCN(C)CC(=O)N1N=C(c2cccc(C)c2)CC1c1ccc(C)cc1. The van der Waals surface area contributed by atoms with E-state index < -0.39 is 0 Å². The summed E-state index contributed by atoms with van der Waals surface area (Å²) in [5.41, 5.74) is 5.63. The Hall–Kier alpha value is -2.46. The second-order valence-electron chi connectivity index (χ2n) is 7.12. The lowest BCUT2D eigenvalue weighted by atomic mass is 9.97. The Kier molecular flexibility index (Phi) is 5.52. The number of amides is 1. The van der Waals surface area contributed by atoms with Crippen molar-refractivity contribution in [1.29, 1.82) is 0 Å². The standard InChI is InChI=1S/C22H27N3O/c1-5-24(4)15-22(26)25-21(18-11-9-16(2)10-12-18)14-20(23-25)19-8-6-7-17(3)13-19/h6-13,21H,5,14-15H2,1-4H3. The van der Waals surface area contributed by atoms with E-state index in [0.717, 1.165) is 29.8 Å². The Bertz CT molecular complexity index is 810. The summed E-state index contributed by atoms with van der Waals surface area (Å²) in [5.74, 6) is 0.0441. The molecule has 2 aromatic rings. The van der Waals surface area contributed by atoms with Gasteiger partial charge in [-0.05, 0) is 38.6 Å². The smallest absolute Gasteiger partial charge is 0.257 e. The molecule has 4 heteroatoms. The lowest BCUT2D eigenvalue weighted by molar-refractivity contribution is -0.133. The monoisotopic (exact) mass is 349 g/mol. The molecule has 1 aliphatic heterocycles. The summed E-state index contributed by atoms with van der Waals surface area (Å²) in [6.07, 6.45) is 0.744. The Morgan fingerprint density at radius 1 is 1.15 bits per heavy atom. The van der Waals surface area contributed by atoms with Crippen molar-refractivity contribution >= 4 is 11.6 Å². The fraction of sp³-hybridized carbons (Fsp3) is 0.364. The minimum Gasteiger partial charge on any atom is -0.298 e. The van der Waals surface area contributed by atoms with Crippen LogP contribution < -0.4 is 0 Å². The van der Waals surface area contributed by atoms with Crippen molar-refractivity contribution in [3.8, 4) is 0 Å². The fourth-order valence-corrected chi connectivity index (χ4v) is 3.20. The van der Waals surface area contributed by atoms with Gasteiger partial charge >= 0.3 is 0 Å². The zero-order valence-electron chi connectivity index (χ0n) is 16.1. The first-order valence-electron chi connectivity index (χ1n) is 9.19. The van der Waals surface area contributed by atoms with E-state index in [0.29, 0.717) is 6.54 Å². The number of rotatable bonds is 5. The van der Waals surface area contributed by atoms with Gasteiger partial charge in [-0.1, -0.05) is 66.6 Å². The molecule has 2 aromatic carbocycles. The quantitative estimate of drug-likeness (QED) is 0.820. The molecule has 0 bridgehead atoms. The molecule has 26 heavy (non-hydrogen) atoms. The van der Waals surface area contributed by atoms with E-state index in [1.165, 1.54) is 11.1 Å². The number of nitrogens with zero attached hydrogens (tertiary/aromatic N) is 3. The van der Waals surface area contributed by atoms with Crippen LogP contribution in [0.5, 0.6) is 0 Å². The van der Waals surface area contributed by atoms with Gasteiger partial charge in [0.15, 0.2) is 0 Å². The van der Waals surface area contributed by atoms with Crippen LogP contribution in [-0.4, -0.2) is 41.7 Å². The van der Waals surface area contributed by atoms with Crippen LogP contribution >= 0.6 is 0 Å². The molecule has 1 atom stereocenters. The van der Waals surface area contributed by atoms with Crippen molar-refractivity contribution in [1.82, 2.24) is 9.91 Å². The van der Waals surface area contributed by atoms with Crippen LogP contribution in [0.4, 0.5) is 0 Å². The summed E-state index contributed by atoms with van der Waals surface area (Å²) < 4.78 is 0. The minimum absolute atomic E-state index is 0.0381. The van der Waals surface area contributed by atoms with Gasteiger partial charge in [-0.3, -0.25) is 9.69 Å². The van der Waals surface area contributed by atoms with E-state index in [1.807, 2.05) is 18.0 Å². The molecule has 1 heterocycles. The second-order valence-corrected chi connectivity index (χ2v) is 7.12. The molecule has 136 valence electrons. The lowest BCUT2D eigenvalue weighted by Crippen LogP contribution is -2.36. The number of hydrazone groups is 1. The zero-order valence-corrected chi connectivity index (χ0v) is 16.1. The summed E-state index contributed by atoms with van der Waals surface area (Å²) >= 11 is 0. The number of benzene rings is 2. The van der Waals surface area contributed by atoms with Gasteiger partial charge in [0.05, 0.1) is 18.3 Å². The maximum absolute atomic E-state index is 12.9. The van der Waals surface area contributed by atoms with E-state index in [9.17, 15) is 4.79 Å². The Morgan fingerprint density at radius 3 is 2.54 bits per heavy atom. The topological polar surface area (TPSA) is 35.9 Å². The number of carbonyl (C=O) groups excluding carboxylic acids is 1. The molecule has 0 aliphatic carbocycles. The number of hydrogen-bond acceptors (Lipinski definition) is 3. The molecular formula is C22H27N3O. The zero-order chi connectivity index (χ0) is 18.7. The Morgan fingerprint density at radius 2 is 1.88 bits per heavy atom. The van der Waals surface area contributed by atoms with Crippen molar-refractivity contribution in [2.75, 3.05) is 20.1 Å². The molecule has 1 unspecified atom stereocenters. The van der Waals surface area contributed by atoms with Crippen LogP contribution in [0.1, 0.15) is 41.6 Å². The van der Waals surface area contributed by atoms with Crippen LogP contribution in [0.15, 0.2) is 53.6 Å². The van der Waals surface area contributed by atoms with Crippen LogP contribution in [0.3, 0.4) is 0 Å². The van der Waals surface area contributed by atoms with E-state index in [4.69, 9.17) is 5.10 Å². The van der Waals surface area contributed by atoms with Gasteiger partial charge in [0, 0.05) is 6.42 Å². The van der Waals surface area contributed by atoms with Crippen molar-refractivity contribution in [2.24, 2.45) is 5.10 Å². The van der Waals surface area contributed by atoms with Crippen LogP contribution in [0.2, 0.25) is 0 Å².